The van der Waals surface area contributed by atoms with Gasteiger partial charge in [-0.15, -0.1) is 0 Å². The number of ether oxygens (including phenoxy) is 1. The Hall–Kier alpha value is -1.56. The van der Waals surface area contributed by atoms with E-state index in [0.717, 1.165) is 49.3 Å². The molecular weight excluding hydrogens is 328 g/mol. The van der Waals surface area contributed by atoms with Crippen LogP contribution < -0.4 is 5.32 Å². The summed E-state index contributed by atoms with van der Waals surface area (Å²) in [6.07, 6.45) is 11.2. The largest absolute Gasteiger partial charge is 0.389 e. The third-order valence-electron chi connectivity index (χ3n) is 5.04. The maximum Gasteiger partial charge on any atom is 0.0762 e. The van der Waals surface area contributed by atoms with Gasteiger partial charge in [-0.3, -0.25) is 0 Å². The zero-order valence-electron chi connectivity index (χ0n) is 16.5. The molecule has 5 heteroatoms. The van der Waals surface area contributed by atoms with Crippen molar-refractivity contribution in [1.82, 2.24) is 10.2 Å². The van der Waals surface area contributed by atoms with E-state index in [1.165, 1.54) is 0 Å². The van der Waals surface area contributed by atoms with Gasteiger partial charge in [0.1, 0.15) is 0 Å². The van der Waals surface area contributed by atoms with E-state index in [2.05, 4.69) is 22.4 Å². The Morgan fingerprint density at radius 3 is 2.50 bits per heavy atom. The Labute approximate surface area is 157 Å². The Bertz CT molecular complexity index is 570. The van der Waals surface area contributed by atoms with E-state index in [0.29, 0.717) is 5.92 Å². The lowest BCUT2D eigenvalue weighted by Gasteiger charge is -2.30. The number of allylic oxidation sites excluding steroid dienone is 2. The molecule has 2 heterocycles. The van der Waals surface area contributed by atoms with Crippen LogP contribution in [0.5, 0.6) is 0 Å². The van der Waals surface area contributed by atoms with E-state index in [1.54, 1.807) is 13.8 Å². The van der Waals surface area contributed by atoms with Crippen molar-refractivity contribution in [1.29, 1.82) is 0 Å². The number of hydrogen-bond donors (Lipinski definition) is 3. The van der Waals surface area contributed by atoms with Crippen LogP contribution in [-0.4, -0.2) is 53.1 Å². The van der Waals surface area contributed by atoms with Crippen molar-refractivity contribution in [2.45, 2.75) is 58.8 Å². The molecule has 2 aliphatic heterocycles. The second-order valence-corrected chi connectivity index (χ2v) is 7.50. The number of aliphatic hydroxyl groups excluding tert-OH is 2. The SMILES string of the molecule is CC1=CNC(/C(=C/N(/C=C(\C)C(C)O)CC2CCOCC2)C(C)O)C=C1. The number of hydrogen-bond acceptors (Lipinski definition) is 5. The first-order valence-corrected chi connectivity index (χ1v) is 9.57. The molecule has 3 atom stereocenters. The summed E-state index contributed by atoms with van der Waals surface area (Å²) in [6.45, 7) is 10.0. The highest BCUT2D eigenvalue weighted by Gasteiger charge is 2.20. The molecule has 26 heavy (non-hydrogen) atoms. The molecule has 1 fully saturated rings. The zero-order chi connectivity index (χ0) is 19.1. The predicted molar refractivity (Wildman–Crippen MR) is 105 cm³/mol. The molecule has 146 valence electrons. The monoisotopic (exact) mass is 362 g/mol. The molecule has 2 rings (SSSR count). The van der Waals surface area contributed by atoms with Crippen LogP contribution >= 0.6 is 0 Å². The molecule has 0 aliphatic carbocycles. The van der Waals surface area contributed by atoms with Crippen LogP contribution in [0.2, 0.25) is 0 Å². The van der Waals surface area contributed by atoms with Crippen LogP contribution in [0.15, 0.2) is 47.5 Å². The molecule has 0 aromatic carbocycles. The van der Waals surface area contributed by atoms with Crippen molar-refractivity contribution >= 4 is 0 Å². The smallest absolute Gasteiger partial charge is 0.0762 e. The van der Waals surface area contributed by atoms with E-state index < -0.39 is 12.2 Å². The Kier molecular flexibility index (Phi) is 7.94. The third kappa shape index (κ3) is 6.31. The molecule has 0 amide bonds. The molecule has 2 aliphatic rings. The van der Waals surface area contributed by atoms with E-state index in [4.69, 9.17) is 4.74 Å². The maximum atomic E-state index is 10.3. The fourth-order valence-electron chi connectivity index (χ4n) is 3.16. The molecule has 0 radical (unpaired) electrons. The minimum Gasteiger partial charge on any atom is -0.389 e. The number of dihydropyridines is 1. The molecule has 0 spiro atoms. The number of aliphatic hydroxyl groups is 2. The van der Waals surface area contributed by atoms with Gasteiger partial charge in [0, 0.05) is 43.9 Å². The molecule has 1 saturated heterocycles. The molecule has 0 saturated carbocycles. The van der Waals surface area contributed by atoms with Crippen molar-refractivity contribution in [3.05, 3.63) is 47.5 Å². The van der Waals surface area contributed by atoms with Crippen LogP contribution in [0.3, 0.4) is 0 Å². The van der Waals surface area contributed by atoms with Gasteiger partial charge in [-0.2, -0.15) is 0 Å². The highest BCUT2D eigenvalue weighted by molar-refractivity contribution is 5.31. The van der Waals surface area contributed by atoms with Gasteiger partial charge in [0.15, 0.2) is 0 Å². The van der Waals surface area contributed by atoms with Crippen molar-refractivity contribution < 1.29 is 14.9 Å². The van der Waals surface area contributed by atoms with Gasteiger partial charge in [0.25, 0.3) is 0 Å². The number of nitrogens with one attached hydrogen (secondary N) is 1. The highest BCUT2D eigenvalue weighted by atomic mass is 16.5. The van der Waals surface area contributed by atoms with Crippen LogP contribution in [0.25, 0.3) is 0 Å². The predicted octanol–water partition coefficient (Wildman–Crippen LogP) is 2.70. The lowest BCUT2D eigenvalue weighted by atomic mass is 9.98. The van der Waals surface area contributed by atoms with E-state index in [1.807, 2.05) is 32.4 Å². The van der Waals surface area contributed by atoms with E-state index in [9.17, 15) is 10.2 Å². The van der Waals surface area contributed by atoms with Crippen molar-refractivity contribution in [3.8, 4) is 0 Å². The lowest BCUT2D eigenvalue weighted by molar-refractivity contribution is 0.0608. The molecule has 0 aromatic rings. The minimum absolute atomic E-state index is 0.0313. The maximum absolute atomic E-state index is 10.3. The van der Waals surface area contributed by atoms with Crippen molar-refractivity contribution in [2.24, 2.45) is 5.92 Å². The van der Waals surface area contributed by atoms with Gasteiger partial charge in [-0.1, -0.05) is 12.2 Å². The van der Waals surface area contributed by atoms with Gasteiger partial charge in [-0.05, 0) is 57.6 Å². The van der Waals surface area contributed by atoms with Gasteiger partial charge in [0.05, 0.1) is 18.2 Å². The second kappa shape index (κ2) is 9.95. The molecule has 3 unspecified atom stereocenters. The summed E-state index contributed by atoms with van der Waals surface area (Å²) in [7, 11) is 0. The summed E-state index contributed by atoms with van der Waals surface area (Å²) < 4.78 is 5.47. The highest BCUT2D eigenvalue weighted by Crippen LogP contribution is 2.21. The number of rotatable bonds is 7. The van der Waals surface area contributed by atoms with E-state index >= 15 is 0 Å². The summed E-state index contributed by atoms with van der Waals surface area (Å²) in [5.41, 5.74) is 2.97. The van der Waals surface area contributed by atoms with Gasteiger partial charge < -0.3 is 25.2 Å². The lowest BCUT2D eigenvalue weighted by Crippen LogP contribution is -2.34. The standard InChI is InChI=1S/C21H34N2O3/c1-15-5-6-21(22-11-15)20(18(4)25)14-23(12-16(2)17(3)24)13-19-7-9-26-10-8-19/h5-6,11-12,14,17-19,21-22,24-25H,7-10,13H2,1-4H3/b16-12+,20-14+. The van der Waals surface area contributed by atoms with Crippen LogP contribution in [0.4, 0.5) is 0 Å². The third-order valence-corrected chi connectivity index (χ3v) is 5.04. The molecule has 5 nitrogen and oxygen atoms in total. The van der Waals surface area contributed by atoms with Crippen LogP contribution in [0, 0.1) is 5.92 Å². The quantitative estimate of drug-likeness (QED) is 0.650. The van der Waals surface area contributed by atoms with Crippen molar-refractivity contribution in [2.75, 3.05) is 19.8 Å². The van der Waals surface area contributed by atoms with Gasteiger partial charge in [-0.25, -0.2) is 0 Å². The Balaban J connectivity index is 2.23. The topological polar surface area (TPSA) is 65.0 Å². The molecule has 0 aromatic heterocycles. The summed E-state index contributed by atoms with van der Waals surface area (Å²) >= 11 is 0. The minimum atomic E-state index is -0.568. The Morgan fingerprint density at radius 1 is 1.27 bits per heavy atom. The fraction of sp³-hybridized carbons (Fsp3) is 0.619. The molecule has 3 N–H and O–H groups in total. The van der Waals surface area contributed by atoms with Crippen LogP contribution in [-0.2, 0) is 4.74 Å². The first-order valence-electron chi connectivity index (χ1n) is 9.57. The molecule has 0 bridgehead atoms. The first-order chi connectivity index (χ1) is 12.4. The fourth-order valence-corrected chi connectivity index (χ4v) is 3.16. The van der Waals surface area contributed by atoms with Crippen molar-refractivity contribution in [3.63, 3.8) is 0 Å². The second-order valence-electron chi connectivity index (χ2n) is 7.50. The summed E-state index contributed by atoms with van der Waals surface area (Å²) in [5.74, 6) is 0.547. The van der Waals surface area contributed by atoms with Crippen LogP contribution in [0.1, 0.15) is 40.5 Å². The summed E-state index contributed by atoms with van der Waals surface area (Å²) in [4.78, 5) is 2.13. The van der Waals surface area contributed by atoms with Gasteiger partial charge >= 0.3 is 0 Å². The van der Waals surface area contributed by atoms with Gasteiger partial charge in [0.2, 0.25) is 0 Å². The average molecular weight is 363 g/mol. The summed E-state index contributed by atoms with van der Waals surface area (Å²) in [6, 6.07) is -0.0313. The van der Waals surface area contributed by atoms with E-state index in [-0.39, 0.29) is 6.04 Å². The Morgan fingerprint density at radius 2 is 1.96 bits per heavy atom. The molecular formula is C21H34N2O3. The summed E-state index contributed by atoms with van der Waals surface area (Å²) in [5, 5.41) is 23.6. The zero-order valence-corrected chi connectivity index (χ0v) is 16.5. The average Bonchev–Trinajstić information content (AvgIpc) is 2.61. The number of nitrogens with zero attached hydrogens (tertiary/aromatic N) is 1. The first kappa shape index (κ1) is 20.7. The normalized spacial score (nSPS) is 24.7.